The molecule has 38 heavy (non-hydrogen) atoms. The van der Waals surface area contributed by atoms with Gasteiger partial charge in [-0.2, -0.15) is 0 Å². The van der Waals surface area contributed by atoms with Crippen molar-refractivity contribution in [2.75, 3.05) is 18.4 Å². The van der Waals surface area contributed by atoms with Crippen LogP contribution in [0, 0.1) is 12.8 Å². The Balaban J connectivity index is 1.30. The van der Waals surface area contributed by atoms with E-state index in [9.17, 15) is 4.79 Å². The highest BCUT2D eigenvalue weighted by Crippen LogP contribution is 2.38. The van der Waals surface area contributed by atoms with Crippen LogP contribution in [-0.2, 0) is 11.2 Å². The number of pyridine rings is 1. The van der Waals surface area contributed by atoms with Gasteiger partial charge in [-0.25, -0.2) is 15.0 Å². The Kier molecular flexibility index (Phi) is 7.01. The van der Waals surface area contributed by atoms with E-state index in [-0.39, 0.29) is 0 Å². The second kappa shape index (κ2) is 10.9. The largest absolute Gasteiger partial charge is 0.437 e. The molecule has 194 valence electrons. The molecule has 4 aromatic rings. The average molecular weight is 508 g/mol. The summed E-state index contributed by atoms with van der Waals surface area (Å²) >= 11 is 0. The Labute approximate surface area is 223 Å². The molecule has 1 atom stereocenters. The van der Waals surface area contributed by atoms with Gasteiger partial charge >= 0.3 is 0 Å². The summed E-state index contributed by atoms with van der Waals surface area (Å²) in [4.78, 5) is 26.5. The first kappa shape index (κ1) is 24.5. The topological polar surface area (TPSA) is 89.0 Å². The number of Topliss-reactive ketones (excluding diaryl/α,β-unsaturated/α-hetero) is 1. The molecule has 0 radical (unpaired) electrons. The van der Waals surface area contributed by atoms with Gasteiger partial charge in [0.05, 0.1) is 11.3 Å². The number of aromatic nitrogens is 3. The maximum absolute atomic E-state index is 12.6. The van der Waals surface area contributed by atoms with E-state index < -0.39 is 0 Å². The monoisotopic (exact) mass is 507 g/mol. The molecule has 1 aliphatic heterocycles. The van der Waals surface area contributed by atoms with Gasteiger partial charge in [0, 0.05) is 43.2 Å². The van der Waals surface area contributed by atoms with Crippen molar-refractivity contribution in [3.8, 4) is 22.9 Å². The maximum Gasteiger partial charge on any atom is 0.228 e. The lowest BCUT2D eigenvalue weighted by Crippen LogP contribution is -2.38. The van der Waals surface area contributed by atoms with Crippen molar-refractivity contribution in [1.29, 1.82) is 0 Å². The number of nitrogens with zero attached hydrogens (tertiary/aromatic N) is 3. The summed E-state index contributed by atoms with van der Waals surface area (Å²) in [7, 11) is 0. The number of benzene rings is 2. The van der Waals surface area contributed by atoms with Gasteiger partial charge in [-0.3, -0.25) is 4.79 Å². The van der Waals surface area contributed by atoms with Crippen molar-refractivity contribution in [2.45, 2.75) is 51.5 Å². The molecule has 7 heteroatoms. The minimum absolute atomic E-state index is 0.312. The number of nitrogens with one attached hydrogen (secondary N) is 2. The first-order valence-electron chi connectivity index (χ1n) is 13.6. The molecule has 2 aliphatic rings. The fourth-order valence-corrected chi connectivity index (χ4v) is 5.22. The zero-order valence-electron chi connectivity index (χ0n) is 21.7. The summed E-state index contributed by atoms with van der Waals surface area (Å²) in [5.74, 6) is 2.75. The summed E-state index contributed by atoms with van der Waals surface area (Å²) in [5, 5.41) is 8.90. The molecule has 7 nitrogen and oxygen atoms in total. The molecule has 0 spiro atoms. The molecule has 6 rings (SSSR count). The predicted molar refractivity (Wildman–Crippen MR) is 150 cm³/mol. The SMILES string of the molecule is Cc1ccc2c(CC(=O)CC3CC3)cccc2c1Oc1ncccc1-c1ccnc(N[C@H]2CCCNC2)n1. The van der Waals surface area contributed by atoms with E-state index >= 15 is 0 Å². The zero-order chi connectivity index (χ0) is 25.9. The lowest BCUT2D eigenvalue weighted by molar-refractivity contribution is -0.118. The maximum atomic E-state index is 12.6. The number of hydrogen-bond acceptors (Lipinski definition) is 7. The third-order valence-corrected chi connectivity index (χ3v) is 7.43. The molecule has 0 unspecified atom stereocenters. The quantitative estimate of drug-likeness (QED) is 0.293. The normalized spacial score (nSPS) is 17.3. The van der Waals surface area contributed by atoms with E-state index in [1.54, 1.807) is 12.4 Å². The Bertz CT molecular complexity index is 1460. The van der Waals surface area contributed by atoms with Crippen LogP contribution in [0.15, 0.2) is 60.9 Å². The van der Waals surface area contributed by atoms with E-state index in [1.807, 2.05) is 31.2 Å². The summed E-state index contributed by atoms with van der Waals surface area (Å²) < 4.78 is 6.55. The molecule has 2 aromatic heterocycles. The van der Waals surface area contributed by atoms with E-state index in [4.69, 9.17) is 9.72 Å². The van der Waals surface area contributed by atoms with Crippen LogP contribution in [-0.4, -0.2) is 39.9 Å². The van der Waals surface area contributed by atoms with E-state index in [0.29, 0.717) is 42.4 Å². The lowest BCUT2D eigenvalue weighted by Gasteiger charge is -2.23. The highest BCUT2D eigenvalue weighted by atomic mass is 16.5. The number of fused-ring (bicyclic) bond motifs is 1. The Morgan fingerprint density at radius 3 is 2.79 bits per heavy atom. The predicted octanol–water partition coefficient (Wildman–Crippen LogP) is 5.87. The van der Waals surface area contributed by atoms with Crippen LogP contribution in [0.4, 0.5) is 5.95 Å². The smallest absolute Gasteiger partial charge is 0.228 e. The van der Waals surface area contributed by atoms with Gasteiger partial charge in [0.15, 0.2) is 0 Å². The van der Waals surface area contributed by atoms with Crippen LogP contribution < -0.4 is 15.4 Å². The van der Waals surface area contributed by atoms with Gasteiger partial charge in [0.25, 0.3) is 0 Å². The minimum atomic E-state index is 0.312. The number of ketones is 1. The molecular weight excluding hydrogens is 474 g/mol. The summed E-state index contributed by atoms with van der Waals surface area (Å²) in [5.41, 5.74) is 3.60. The van der Waals surface area contributed by atoms with E-state index in [0.717, 1.165) is 64.8 Å². The Morgan fingerprint density at radius 2 is 1.95 bits per heavy atom. The molecule has 1 aliphatic carbocycles. The molecule has 0 bridgehead atoms. The summed E-state index contributed by atoms with van der Waals surface area (Å²) in [6, 6.07) is 16.3. The van der Waals surface area contributed by atoms with Crippen LogP contribution in [0.5, 0.6) is 11.6 Å². The van der Waals surface area contributed by atoms with Crippen LogP contribution in [0.3, 0.4) is 0 Å². The highest BCUT2D eigenvalue weighted by molar-refractivity contribution is 5.95. The van der Waals surface area contributed by atoms with Gasteiger partial charge in [0.2, 0.25) is 11.8 Å². The number of aryl methyl sites for hydroxylation is 1. The molecule has 3 heterocycles. The molecule has 0 amide bonds. The Hall–Kier alpha value is -3.84. The van der Waals surface area contributed by atoms with Crippen molar-refractivity contribution in [3.05, 3.63) is 72.1 Å². The number of carbonyl (C=O) groups is 1. The van der Waals surface area contributed by atoms with Gasteiger partial charge < -0.3 is 15.4 Å². The fourth-order valence-electron chi connectivity index (χ4n) is 5.22. The van der Waals surface area contributed by atoms with E-state index in [2.05, 4.69) is 44.9 Å². The number of rotatable bonds is 9. The lowest BCUT2D eigenvalue weighted by atomic mass is 9.97. The number of ether oxygens (including phenoxy) is 1. The molecule has 2 fully saturated rings. The molecule has 1 saturated heterocycles. The highest BCUT2D eigenvalue weighted by Gasteiger charge is 2.25. The van der Waals surface area contributed by atoms with Crippen molar-refractivity contribution in [2.24, 2.45) is 5.92 Å². The molecular formula is C31H33N5O2. The molecule has 2 N–H and O–H groups in total. The van der Waals surface area contributed by atoms with Gasteiger partial charge in [-0.15, -0.1) is 0 Å². The van der Waals surface area contributed by atoms with Crippen molar-refractivity contribution in [1.82, 2.24) is 20.3 Å². The minimum Gasteiger partial charge on any atom is -0.437 e. The third-order valence-electron chi connectivity index (χ3n) is 7.43. The summed E-state index contributed by atoms with van der Waals surface area (Å²) in [6.45, 7) is 4.00. The average Bonchev–Trinajstić information content (AvgIpc) is 3.75. The molecule has 2 aromatic carbocycles. The first-order valence-corrected chi connectivity index (χ1v) is 13.6. The van der Waals surface area contributed by atoms with Crippen molar-refractivity contribution < 1.29 is 9.53 Å². The van der Waals surface area contributed by atoms with Crippen LogP contribution in [0.25, 0.3) is 22.0 Å². The van der Waals surface area contributed by atoms with Crippen LogP contribution in [0.2, 0.25) is 0 Å². The van der Waals surface area contributed by atoms with E-state index in [1.165, 1.54) is 12.8 Å². The first-order chi connectivity index (χ1) is 18.6. The van der Waals surface area contributed by atoms with Gasteiger partial charge in [0.1, 0.15) is 11.5 Å². The number of carbonyl (C=O) groups excluding carboxylic acids is 1. The van der Waals surface area contributed by atoms with Crippen molar-refractivity contribution in [3.63, 3.8) is 0 Å². The standard InChI is InChI=1S/C31H33N5O2/c1-20-9-12-25-22(18-24(37)17-21-10-11-21)5-2-7-26(25)29(20)38-30-27(8-4-15-33-30)28-13-16-34-31(36-28)35-23-6-3-14-32-19-23/h2,4-5,7-9,12-13,15-16,21,23,32H,3,6,10-11,14,17-19H2,1H3,(H,34,35,36)/t23-/m0/s1. The van der Waals surface area contributed by atoms with Crippen LogP contribution in [0.1, 0.15) is 43.2 Å². The van der Waals surface area contributed by atoms with Gasteiger partial charge in [-0.1, -0.05) is 30.3 Å². The van der Waals surface area contributed by atoms with Gasteiger partial charge in [-0.05, 0) is 79.8 Å². The summed E-state index contributed by atoms with van der Waals surface area (Å²) in [6.07, 6.45) is 9.25. The van der Waals surface area contributed by atoms with Crippen LogP contribution >= 0.6 is 0 Å². The second-order valence-electron chi connectivity index (χ2n) is 10.5. The molecule has 1 saturated carbocycles. The fraction of sp³-hybridized carbons (Fsp3) is 0.355. The number of piperidine rings is 1. The third kappa shape index (κ3) is 5.53. The van der Waals surface area contributed by atoms with Crippen molar-refractivity contribution >= 4 is 22.5 Å². The zero-order valence-corrected chi connectivity index (χ0v) is 21.7. The number of anilines is 1. The number of hydrogen-bond donors (Lipinski definition) is 2. The second-order valence-corrected chi connectivity index (χ2v) is 10.5. The Morgan fingerprint density at radius 1 is 1.03 bits per heavy atom.